The van der Waals surface area contributed by atoms with Crippen molar-refractivity contribution in [3.8, 4) is 0 Å². The predicted octanol–water partition coefficient (Wildman–Crippen LogP) is 4.74. The van der Waals surface area contributed by atoms with Gasteiger partial charge in [0, 0.05) is 11.6 Å². The molecule has 0 fully saturated rings. The van der Waals surface area contributed by atoms with Crippen LogP contribution >= 0.6 is 0 Å². The number of nitrogens with one attached hydrogen (secondary N) is 2. The summed E-state index contributed by atoms with van der Waals surface area (Å²) in [4.78, 5) is 16.6. The molecule has 0 saturated carbocycles. The van der Waals surface area contributed by atoms with Crippen LogP contribution in [0.5, 0.6) is 0 Å². The van der Waals surface area contributed by atoms with Gasteiger partial charge >= 0.3 is 6.03 Å². The van der Waals surface area contributed by atoms with Crippen molar-refractivity contribution in [3.63, 3.8) is 0 Å². The van der Waals surface area contributed by atoms with Crippen LogP contribution in [0.1, 0.15) is 17.4 Å². The van der Waals surface area contributed by atoms with Crippen LogP contribution in [0.3, 0.4) is 0 Å². The summed E-state index contributed by atoms with van der Waals surface area (Å²) in [6.45, 7) is 0. The Balaban J connectivity index is 1.64. The smallest absolute Gasteiger partial charge is 0.321 e. The quantitative estimate of drug-likeness (QED) is 0.562. The lowest BCUT2D eigenvalue weighted by atomic mass is 10.0. The Kier molecular flexibility index (Phi) is 4.35. The van der Waals surface area contributed by atoms with E-state index in [4.69, 9.17) is 4.42 Å². The molecule has 2 aromatic carbocycles. The number of rotatable bonds is 4. The van der Waals surface area contributed by atoms with E-state index in [-0.39, 0.29) is 6.03 Å². The number of fused-ring (bicyclic) bond motifs is 1. The van der Waals surface area contributed by atoms with Crippen LogP contribution in [0.4, 0.5) is 10.6 Å². The van der Waals surface area contributed by atoms with E-state index in [1.54, 1.807) is 18.3 Å². The Morgan fingerprint density at radius 2 is 1.69 bits per heavy atom. The molecule has 0 aliphatic carbocycles. The molecule has 2 N–H and O–H groups in total. The lowest BCUT2D eigenvalue weighted by Crippen LogP contribution is -2.33. The van der Waals surface area contributed by atoms with Crippen molar-refractivity contribution >= 4 is 22.8 Å². The molecule has 4 aromatic rings. The molecule has 0 bridgehead atoms. The molecular formula is C21H17N3O2. The molecule has 4 rings (SSSR count). The number of urea groups is 1. The van der Waals surface area contributed by atoms with E-state index in [2.05, 4.69) is 15.6 Å². The van der Waals surface area contributed by atoms with E-state index in [0.29, 0.717) is 11.6 Å². The molecule has 1 atom stereocenters. The number of carbonyl (C=O) groups excluding carboxylic acids is 1. The number of furan rings is 1. The number of hydrogen-bond donors (Lipinski definition) is 2. The second kappa shape index (κ2) is 7.11. The van der Waals surface area contributed by atoms with Crippen LogP contribution in [0.25, 0.3) is 11.0 Å². The van der Waals surface area contributed by atoms with Gasteiger partial charge in [0.2, 0.25) is 0 Å². The van der Waals surface area contributed by atoms with Crippen molar-refractivity contribution in [2.75, 3.05) is 5.32 Å². The van der Waals surface area contributed by atoms with Gasteiger partial charge in [-0.15, -0.1) is 0 Å². The third kappa shape index (κ3) is 3.42. The molecule has 5 nitrogen and oxygen atoms in total. The van der Waals surface area contributed by atoms with Gasteiger partial charge in [0.25, 0.3) is 0 Å². The first-order valence-corrected chi connectivity index (χ1v) is 8.31. The normalized spacial score (nSPS) is 11.8. The van der Waals surface area contributed by atoms with E-state index < -0.39 is 6.04 Å². The Labute approximate surface area is 150 Å². The predicted molar refractivity (Wildman–Crippen MR) is 101 cm³/mol. The molecule has 128 valence electrons. The minimum absolute atomic E-state index is 0.349. The molecule has 5 heteroatoms. The Morgan fingerprint density at radius 1 is 0.923 bits per heavy atom. The number of amides is 2. The Morgan fingerprint density at radius 3 is 2.46 bits per heavy atom. The molecule has 0 spiro atoms. The van der Waals surface area contributed by atoms with Gasteiger partial charge in [0.1, 0.15) is 23.2 Å². The summed E-state index contributed by atoms with van der Waals surface area (Å²) < 4.78 is 5.98. The van der Waals surface area contributed by atoms with Crippen molar-refractivity contribution in [3.05, 3.63) is 96.4 Å². The number of hydrogen-bond acceptors (Lipinski definition) is 3. The molecule has 26 heavy (non-hydrogen) atoms. The molecular weight excluding hydrogens is 326 g/mol. The number of benzene rings is 2. The minimum Gasteiger partial charge on any atom is -0.459 e. The molecule has 2 heterocycles. The van der Waals surface area contributed by atoms with Crippen LogP contribution < -0.4 is 10.6 Å². The average Bonchev–Trinajstić information content (AvgIpc) is 3.11. The average molecular weight is 343 g/mol. The lowest BCUT2D eigenvalue weighted by Gasteiger charge is -2.17. The summed E-state index contributed by atoms with van der Waals surface area (Å²) in [7, 11) is 0. The zero-order chi connectivity index (χ0) is 17.8. The fourth-order valence-electron chi connectivity index (χ4n) is 2.83. The lowest BCUT2D eigenvalue weighted by molar-refractivity contribution is 0.248. The fourth-order valence-corrected chi connectivity index (χ4v) is 2.83. The summed E-state index contributed by atoms with van der Waals surface area (Å²) in [5, 5.41) is 6.71. The first-order chi connectivity index (χ1) is 12.8. The summed E-state index contributed by atoms with van der Waals surface area (Å²) in [5.41, 5.74) is 1.72. The molecule has 0 aliphatic rings. The molecule has 2 aromatic heterocycles. The van der Waals surface area contributed by atoms with Crippen LogP contribution in [0.15, 0.2) is 89.5 Å². The highest BCUT2D eigenvalue weighted by Gasteiger charge is 2.21. The first-order valence-electron chi connectivity index (χ1n) is 8.31. The monoisotopic (exact) mass is 343 g/mol. The maximum absolute atomic E-state index is 12.5. The number of aromatic nitrogens is 1. The SMILES string of the molecule is O=C(Nc1ccccn1)N[C@H](c1ccccc1)c1cc2ccccc2o1. The van der Waals surface area contributed by atoms with Crippen LogP contribution in [-0.2, 0) is 0 Å². The van der Waals surface area contributed by atoms with Gasteiger partial charge in [0.15, 0.2) is 0 Å². The highest BCUT2D eigenvalue weighted by Crippen LogP contribution is 2.28. The number of anilines is 1. The molecule has 0 aliphatic heterocycles. The third-order valence-electron chi connectivity index (χ3n) is 4.04. The van der Waals surface area contributed by atoms with E-state index in [0.717, 1.165) is 16.5 Å². The van der Waals surface area contributed by atoms with Crippen molar-refractivity contribution in [1.82, 2.24) is 10.3 Å². The standard InChI is InChI=1S/C21H17N3O2/c25-21(23-19-12-6-7-13-22-19)24-20(15-8-2-1-3-9-15)18-14-16-10-4-5-11-17(16)26-18/h1-14,20H,(H2,22,23,24,25)/t20-/m1/s1. The zero-order valence-corrected chi connectivity index (χ0v) is 13.9. The van der Waals surface area contributed by atoms with Crippen LogP contribution in [0, 0.1) is 0 Å². The third-order valence-corrected chi connectivity index (χ3v) is 4.04. The van der Waals surface area contributed by atoms with Crippen molar-refractivity contribution in [2.24, 2.45) is 0 Å². The summed E-state index contributed by atoms with van der Waals surface area (Å²) in [6.07, 6.45) is 1.63. The first kappa shape index (κ1) is 15.9. The zero-order valence-electron chi connectivity index (χ0n) is 13.9. The summed E-state index contributed by atoms with van der Waals surface area (Å²) >= 11 is 0. The Hall–Kier alpha value is -3.60. The van der Waals surface area contributed by atoms with Gasteiger partial charge in [-0.1, -0.05) is 54.6 Å². The van der Waals surface area contributed by atoms with Crippen molar-refractivity contribution in [1.29, 1.82) is 0 Å². The topological polar surface area (TPSA) is 67.2 Å². The van der Waals surface area contributed by atoms with E-state index in [1.807, 2.05) is 66.7 Å². The van der Waals surface area contributed by atoms with Gasteiger partial charge < -0.3 is 9.73 Å². The molecule has 0 radical (unpaired) electrons. The fraction of sp³-hybridized carbons (Fsp3) is 0.0476. The van der Waals surface area contributed by atoms with E-state index >= 15 is 0 Å². The number of nitrogens with zero attached hydrogens (tertiary/aromatic N) is 1. The van der Waals surface area contributed by atoms with Crippen LogP contribution in [-0.4, -0.2) is 11.0 Å². The van der Waals surface area contributed by atoms with E-state index in [9.17, 15) is 4.79 Å². The maximum atomic E-state index is 12.5. The number of carbonyl (C=O) groups is 1. The number of pyridine rings is 1. The maximum Gasteiger partial charge on any atom is 0.321 e. The van der Waals surface area contributed by atoms with Gasteiger partial charge in [-0.25, -0.2) is 9.78 Å². The van der Waals surface area contributed by atoms with Gasteiger partial charge in [-0.3, -0.25) is 5.32 Å². The summed E-state index contributed by atoms with van der Waals surface area (Å²) in [5.74, 6) is 1.16. The van der Waals surface area contributed by atoms with Crippen molar-refractivity contribution < 1.29 is 9.21 Å². The molecule has 2 amide bonds. The number of para-hydroxylation sites is 1. The second-order valence-electron chi connectivity index (χ2n) is 5.84. The van der Waals surface area contributed by atoms with E-state index in [1.165, 1.54) is 0 Å². The second-order valence-corrected chi connectivity index (χ2v) is 5.84. The highest BCUT2D eigenvalue weighted by molar-refractivity contribution is 5.89. The summed E-state index contributed by atoms with van der Waals surface area (Å²) in [6, 6.07) is 24.0. The molecule has 0 unspecified atom stereocenters. The Bertz CT molecular complexity index is 980. The molecule has 0 saturated heterocycles. The van der Waals surface area contributed by atoms with Crippen molar-refractivity contribution in [2.45, 2.75) is 6.04 Å². The van der Waals surface area contributed by atoms with Gasteiger partial charge in [-0.2, -0.15) is 0 Å². The minimum atomic E-state index is -0.410. The van der Waals surface area contributed by atoms with Crippen LogP contribution in [0.2, 0.25) is 0 Å². The van der Waals surface area contributed by atoms with Gasteiger partial charge in [0.05, 0.1) is 0 Å². The van der Waals surface area contributed by atoms with Gasteiger partial charge in [-0.05, 0) is 29.8 Å². The highest BCUT2D eigenvalue weighted by atomic mass is 16.3. The largest absolute Gasteiger partial charge is 0.459 e.